The molecule has 0 aliphatic rings. The molecule has 1 N–H and O–H groups in total. The predicted molar refractivity (Wildman–Crippen MR) is 129 cm³/mol. The van der Waals surface area contributed by atoms with Crippen LogP contribution in [0, 0.1) is 0 Å². The zero-order valence-electron chi connectivity index (χ0n) is 18.7. The van der Waals surface area contributed by atoms with Crippen molar-refractivity contribution in [2.24, 2.45) is 0 Å². The van der Waals surface area contributed by atoms with Gasteiger partial charge in [-0.3, -0.25) is 9.59 Å². The van der Waals surface area contributed by atoms with E-state index in [0.717, 1.165) is 16.0 Å². The highest BCUT2D eigenvalue weighted by Crippen LogP contribution is 2.34. The van der Waals surface area contributed by atoms with Gasteiger partial charge in [-0.2, -0.15) is 9.78 Å². The average molecular weight is 480 g/mol. The number of carbonyl (C=O) groups is 2. The average Bonchev–Trinajstić information content (AvgIpc) is 3.28. The van der Waals surface area contributed by atoms with Gasteiger partial charge in [0.2, 0.25) is 0 Å². The van der Waals surface area contributed by atoms with Gasteiger partial charge < -0.3 is 19.5 Å². The molecule has 9 nitrogen and oxygen atoms in total. The molecule has 0 radical (unpaired) electrons. The van der Waals surface area contributed by atoms with Gasteiger partial charge in [0.05, 0.1) is 37.5 Å². The molecular weight excluding hydrogens is 458 g/mol. The van der Waals surface area contributed by atoms with Gasteiger partial charge in [-0.05, 0) is 31.2 Å². The lowest BCUT2D eigenvalue weighted by atomic mass is 10.1. The molecule has 4 rings (SSSR count). The summed E-state index contributed by atoms with van der Waals surface area (Å²) in [7, 11) is 2.91. The highest BCUT2D eigenvalue weighted by Gasteiger charge is 2.24. The fraction of sp³-hybridized carbons (Fsp3) is 0.167. The van der Waals surface area contributed by atoms with Crippen LogP contribution in [0.3, 0.4) is 0 Å². The number of thiophene rings is 1. The maximum Gasteiger partial charge on any atom is 0.359 e. The number of aromatic nitrogens is 2. The molecule has 4 aromatic rings. The van der Waals surface area contributed by atoms with Crippen LogP contribution >= 0.6 is 11.3 Å². The second-order valence-electron chi connectivity index (χ2n) is 6.97. The summed E-state index contributed by atoms with van der Waals surface area (Å²) in [5.74, 6) is -0.507. The first-order valence-corrected chi connectivity index (χ1v) is 11.2. The Balaban J connectivity index is 1.87. The van der Waals surface area contributed by atoms with Crippen molar-refractivity contribution >= 4 is 39.0 Å². The smallest absolute Gasteiger partial charge is 0.359 e. The second-order valence-corrected chi connectivity index (χ2v) is 7.85. The summed E-state index contributed by atoms with van der Waals surface area (Å²) in [4.78, 5) is 39.2. The maximum absolute atomic E-state index is 13.4. The standard InChI is InChI=1S/C24H21N3O6S/c1-4-33-24(30)19-16-13-34-22(18(16)23(29)27(26-19)14-9-6-5-7-10-14)25-21(28)15-11-8-12-17(31-2)20(15)32-3/h5-13H,4H2,1-3H3,(H,25,28). The molecule has 0 fully saturated rings. The molecule has 2 aromatic carbocycles. The number of amides is 1. The third kappa shape index (κ3) is 4.11. The number of ether oxygens (including phenoxy) is 3. The Morgan fingerprint density at radius 3 is 2.50 bits per heavy atom. The number of hydrogen-bond donors (Lipinski definition) is 1. The van der Waals surface area contributed by atoms with E-state index in [9.17, 15) is 14.4 Å². The zero-order chi connectivity index (χ0) is 24.2. The summed E-state index contributed by atoms with van der Waals surface area (Å²) in [5, 5.41) is 9.38. The minimum absolute atomic E-state index is 0.0176. The molecule has 34 heavy (non-hydrogen) atoms. The van der Waals surface area contributed by atoms with E-state index < -0.39 is 17.4 Å². The summed E-state index contributed by atoms with van der Waals surface area (Å²) in [6.45, 7) is 1.83. The van der Waals surface area contributed by atoms with Gasteiger partial charge in [0, 0.05) is 10.8 Å². The number of methoxy groups -OCH3 is 2. The first-order chi connectivity index (χ1) is 16.5. The topological polar surface area (TPSA) is 109 Å². The van der Waals surface area contributed by atoms with Gasteiger partial charge in [0.25, 0.3) is 11.5 Å². The SMILES string of the molecule is CCOC(=O)c1nn(-c2ccccc2)c(=O)c2c(NC(=O)c3cccc(OC)c3OC)scc12. The second kappa shape index (κ2) is 9.75. The molecule has 2 heterocycles. The van der Waals surface area contributed by atoms with Gasteiger partial charge in [-0.1, -0.05) is 24.3 Å². The summed E-state index contributed by atoms with van der Waals surface area (Å²) >= 11 is 1.11. The fourth-order valence-corrected chi connectivity index (χ4v) is 4.40. The zero-order valence-corrected chi connectivity index (χ0v) is 19.5. The minimum atomic E-state index is -0.665. The van der Waals surface area contributed by atoms with Crippen molar-refractivity contribution in [3.63, 3.8) is 0 Å². The molecule has 0 bridgehead atoms. The molecule has 0 atom stereocenters. The first-order valence-electron chi connectivity index (χ1n) is 10.3. The van der Waals surface area contributed by atoms with Crippen molar-refractivity contribution in [1.29, 1.82) is 0 Å². The molecule has 2 aromatic heterocycles. The maximum atomic E-state index is 13.4. The highest BCUT2D eigenvalue weighted by atomic mass is 32.1. The van der Waals surface area contributed by atoms with Crippen molar-refractivity contribution in [3.05, 3.63) is 75.5 Å². The van der Waals surface area contributed by atoms with E-state index in [1.54, 1.807) is 60.8 Å². The Kier molecular flexibility index (Phi) is 6.60. The molecule has 0 aliphatic carbocycles. The number of rotatable bonds is 7. The number of anilines is 1. The summed E-state index contributed by atoms with van der Waals surface area (Å²) in [6, 6.07) is 13.6. The number of benzene rings is 2. The molecule has 0 saturated heterocycles. The van der Waals surface area contributed by atoms with Crippen molar-refractivity contribution in [2.45, 2.75) is 6.92 Å². The van der Waals surface area contributed by atoms with Crippen LogP contribution in [0.15, 0.2) is 58.7 Å². The number of para-hydroxylation sites is 2. The molecule has 0 aliphatic heterocycles. The number of hydrogen-bond acceptors (Lipinski definition) is 8. The fourth-order valence-electron chi connectivity index (χ4n) is 3.47. The molecule has 174 valence electrons. The summed E-state index contributed by atoms with van der Waals surface area (Å²) < 4.78 is 16.9. The Bertz CT molecular complexity index is 1430. The van der Waals surface area contributed by atoms with Crippen molar-refractivity contribution < 1.29 is 23.8 Å². The third-order valence-corrected chi connectivity index (χ3v) is 5.89. The van der Waals surface area contributed by atoms with E-state index in [-0.39, 0.29) is 34.0 Å². The van der Waals surface area contributed by atoms with E-state index in [1.807, 2.05) is 0 Å². The summed E-state index contributed by atoms with van der Waals surface area (Å²) in [5.41, 5.74) is 0.198. The van der Waals surface area contributed by atoms with Crippen molar-refractivity contribution in [1.82, 2.24) is 9.78 Å². The van der Waals surface area contributed by atoms with Crippen molar-refractivity contribution in [3.8, 4) is 17.2 Å². The van der Waals surface area contributed by atoms with Crippen LogP contribution in [0.5, 0.6) is 11.5 Å². The van der Waals surface area contributed by atoms with Gasteiger partial charge in [0.15, 0.2) is 17.2 Å². The molecule has 0 saturated carbocycles. The van der Waals surface area contributed by atoms with Crippen LogP contribution in [-0.2, 0) is 4.74 Å². The lowest BCUT2D eigenvalue weighted by Gasteiger charge is -2.12. The van der Waals surface area contributed by atoms with E-state index in [0.29, 0.717) is 16.8 Å². The molecule has 0 unspecified atom stereocenters. The van der Waals surface area contributed by atoms with Crippen LogP contribution in [0.25, 0.3) is 16.5 Å². The Hall–Kier alpha value is -4.18. The normalized spacial score (nSPS) is 10.7. The molecule has 1 amide bonds. The van der Waals surface area contributed by atoms with Crippen LogP contribution in [0.1, 0.15) is 27.8 Å². The minimum Gasteiger partial charge on any atom is -0.493 e. The predicted octanol–water partition coefficient (Wildman–Crippen LogP) is 3.89. The van der Waals surface area contributed by atoms with E-state index in [1.165, 1.54) is 14.2 Å². The lowest BCUT2D eigenvalue weighted by Crippen LogP contribution is -2.25. The number of nitrogens with zero attached hydrogens (tertiary/aromatic N) is 2. The lowest BCUT2D eigenvalue weighted by molar-refractivity contribution is 0.0520. The third-order valence-electron chi connectivity index (χ3n) is 5.00. The Morgan fingerprint density at radius 2 is 1.82 bits per heavy atom. The quantitative estimate of drug-likeness (QED) is 0.401. The van der Waals surface area contributed by atoms with Crippen LogP contribution in [-0.4, -0.2) is 42.5 Å². The van der Waals surface area contributed by atoms with Gasteiger partial charge in [-0.15, -0.1) is 11.3 Å². The van der Waals surface area contributed by atoms with E-state index >= 15 is 0 Å². The monoisotopic (exact) mass is 479 g/mol. The van der Waals surface area contributed by atoms with Gasteiger partial charge in [-0.25, -0.2) is 4.79 Å². The van der Waals surface area contributed by atoms with Crippen molar-refractivity contribution in [2.75, 3.05) is 26.1 Å². The number of fused-ring (bicyclic) bond motifs is 1. The number of nitrogens with one attached hydrogen (secondary N) is 1. The van der Waals surface area contributed by atoms with Crippen LogP contribution < -0.4 is 20.3 Å². The number of esters is 1. The Morgan fingerprint density at radius 1 is 1.06 bits per heavy atom. The first kappa shape index (κ1) is 23.0. The number of carbonyl (C=O) groups excluding carboxylic acids is 2. The van der Waals surface area contributed by atoms with Gasteiger partial charge >= 0.3 is 5.97 Å². The molecule has 0 spiro atoms. The van der Waals surface area contributed by atoms with Crippen LogP contribution in [0.4, 0.5) is 5.00 Å². The Labute approximate surface area is 198 Å². The van der Waals surface area contributed by atoms with Crippen LogP contribution in [0.2, 0.25) is 0 Å². The molecular formula is C24H21N3O6S. The molecule has 10 heteroatoms. The largest absolute Gasteiger partial charge is 0.493 e. The van der Waals surface area contributed by atoms with E-state index in [4.69, 9.17) is 14.2 Å². The van der Waals surface area contributed by atoms with Gasteiger partial charge in [0.1, 0.15) is 5.00 Å². The highest BCUT2D eigenvalue weighted by molar-refractivity contribution is 7.16. The van der Waals surface area contributed by atoms with E-state index in [2.05, 4.69) is 10.4 Å². The summed E-state index contributed by atoms with van der Waals surface area (Å²) in [6.07, 6.45) is 0.